The van der Waals surface area contributed by atoms with Gasteiger partial charge < -0.3 is 35.0 Å². The van der Waals surface area contributed by atoms with Crippen molar-refractivity contribution in [2.75, 3.05) is 57.7 Å². The predicted molar refractivity (Wildman–Crippen MR) is 184 cm³/mol. The molecular formula is C33H36Br2N6O7. The SMILES string of the molecule is O=C(O)CN1CCN(C=C=C=NC(=O)[C@@H](Cc2cc(Br)c(O)c(Br)c2)OC(=O)N2CCC(N3CCc4ccccc4NC3=O)CC2)CC1. The van der Waals surface area contributed by atoms with Crippen molar-refractivity contribution < 1.29 is 34.1 Å². The number of phenolic OH excluding ortho intramolecular Hbond substituents is 1. The van der Waals surface area contributed by atoms with E-state index in [0.717, 1.165) is 17.7 Å². The molecule has 0 saturated carbocycles. The molecule has 0 unspecified atom stereocenters. The zero-order valence-electron chi connectivity index (χ0n) is 26.1. The average molecular weight is 788 g/mol. The number of aliphatic imine (C=N–C) groups is 1. The topological polar surface area (TPSA) is 155 Å². The van der Waals surface area contributed by atoms with Gasteiger partial charge in [0.1, 0.15) is 5.75 Å². The smallest absolute Gasteiger partial charge is 0.410 e. The van der Waals surface area contributed by atoms with Gasteiger partial charge in [-0.3, -0.25) is 14.5 Å². The predicted octanol–water partition coefficient (Wildman–Crippen LogP) is 4.09. The normalized spacial score (nSPS) is 17.6. The Hall–Kier alpha value is -4.13. The lowest BCUT2D eigenvalue weighted by Gasteiger charge is -2.37. The van der Waals surface area contributed by atoms with Gasteiger partial charge in [-0.2, -0.15) is 4.99 Å². The van der Waals surface area contributed by atoms with Gasteiger partial charge in [0.05, 0.1) is 21.7 Å². The molecule has 3 aliphatic rings. The Balaban J connectivity index is 1.21. The summed E-state index contributed by atoms with van der Waals surface area (Å²) in [6.07, 6.45) is 1.52. The first-order valence-electron chi connectivity index (χ1n) is 15.6. The lowest BCUT2D eigenvalue weighted by Crippen LogP contribution is -2.50. The number of carboxylic acids is 1. The van der Waals surface area contributed by atoms with E-state index >= 15 is 0 Å². The van der Waals surface area contributed by atoms with Crippen LogP contribution in [0.25, 0.3) is 0 Å². The second-order valence-corrected chi connectivity index (χ2v) is 13.5. The van der Waals surface area contributed by atoms with Crippen LogP contribution in [0.5, 0.6) is 5.75 Å². The number of carbonyl (C=O) groups excluding carboxylic acids is 3. The van der Waals surface area contributed by atoms with Crippen molar-refractivity contribution in [2.24, 2.45) is 4.99 Å². The van der Waals surface area contributed by atoms with Crippen molar-refractivity contribution in [1.29, 1.82) is 0 Å². The highest BCUT2D eigenvalue weighted by Crippen LogP contribution is 2.34. The van der Waals surface area contributed by atoms with Crippen molar-refractivity contribution in [3.63, 3.8) is 0 Å². The minimum absolute atomic E-state index is 0.00153. The average Bonchev–Trinajstić information content (AvgIpc) is 3.23. The minimum atomic E-state index is -1.28. The molecule has 48 heavy (non-hydrogen) atoms. The fourth-order valence-corrected chi connectivity index (χ4v) is 7.23. The van der Waals surface area contributed by atoms with Gasteiger partial charge in [0, 0.05) is 69.8 Å². The quantitative estimate of drug-likeness (QED) is 0.265. The highest BCUT2D eigenvalue weighted by atomic mass is 79.9. The Morgan fingerprint density at radius 1 is 1.04 bits per heavy atom. The number of phenols is 1. The van der Waals surface area contributed by atoms with E-state index in [1.807, 2.05) is 39.0 Å². The molecule has 0 aliphatic carbocycles. The van der Waals surface area contributed by atoms with Crippen molar-refractivity contribution in [3.05, 3.63) is 68.4 Å². The molecule has 0 bridgehead atoms. The maximum absolute atomic E-state index is 13.3. The summed E-state index contributed by atoms with van der Waals surface area (Å²) in [5.41, 5.74) is 5.26. The molecule has 5 rings (SSSR count). The lowest BCUT2D eigenvalue weighted by molar-refractivity contribution is -0.138. The van der Waals surface area contributed by atoms with Crippen LogP contribution in [0.3, 0.4) is 0 Å². The first-order valence-corrected chi connectivity index (χ1v) is 17.2. The van der Waals surface area contributed by atoms with Crippen molar-refractivity contribution in [3.8, 4) is 5.75 Å². The molecule has 0 spiro atoms. The van der Waals surface area contributed by atoms with E-state index in [1.165, 1.54) is 4.90 Å². The van der Waals surface area contributed by atoms with Gasteiger partial charge in [-0.15, -0.1) is 0 Å². The number of benzene rings is 2. The minimum Gasteiger partial charge on any atom is -0.506 e. The summed E-state index contributed by atoms with van der Waals surface area (Å²) in [5.74, 6) is 0.896. The number of hydrogen-bond donors (Lipinski definition) is 3. The summed E-state index contributed by atoms with van der Waals surface area (Å²) in [6.45, 7) is 3.60. The molecule has 2 saturated heterocycles. The van der Waals surface area contributed by atoms with E-state index in [9.17, 15) is 24.3 Å². The van der Waals surface area contributed by atoms with E-state index in [-0.39, 0.29) is 30.8 Å². The van der Waals surface area contributed by atoms with E-state index < -0.39 is 24.1 Å². The van der Waals surface area contributed by atoms with Crippen LogP contribution in [-0.2, 0) is 27.2 Å². The Morgan fingerprint density at radius 3 is 2.42 bits per heavy atom. The number of piperazine rings is 1. The number of anilines is 1. The van der Waals surface area contributed by atoms with Crippen LogP contribution >= 0.6 is 31.9 Å². The van der Waals surface area contributed by atoms with Gasteiger partial charge in [0.2, 0.25) is 0 Å². The molecule has 2 fully saturated rings. The third kappa shape index (κ3) is 9.27. The molecule has 3 N–H and O–H groups in total. The number of urea groups is 1. The first-order chi connectivity index (χ1) is 23.1. The summed E-state index contributed by atoms with van der Waals surface area (Å²) in [5, 5.41) is 22.1. The summed E-state index contributed by atoms with van der Waals surface area (Å²) in [6, 6.07) is 10.8. The highest BCUT2D eigenvalue weighted by Gasteiger charge is 2.33. The zero-order valence-corrected chi connectivity index (χ0v) is 29.3. The molecule has 0 aromatic heterocycles. The van der Waals surface area contributed by atoms with E-state index in [4.69, 9.17) is 9.84 Å². The highest BCUT2D eigenvalue weighted by molar-refractivity contribution is 9.11. The van der Waals surface area contributed by atoms with Crippen molar-refractivity contribution >= 4 is 67.4 Å². The van der Waals surface area contributed by atoms with Crippen LogP contribution in [0.4, 0.5) is 15.3 Å². The number of amides is 4. The van der Waals surface area contributed by atoms with E-state index in [0.29, 0.717) is 73.2 Å². The van der Waals surface area contributed by atoms with E-state index in [2.05, 4.69) is 53.8 Å². The zero-order chi connectivity index (χ0) is 34.2. The summed E-state index contributed by atoms with van der Waals surface area (Å²) < 4.78 is 6.55. The first kappa shape index (κ1) is 35.2. The number of carboxylic acid groups (broad SMARTS) is 1. The number of carbonyl (C=O) groups is 4. The molecule has 13 nitrogen and oxygen atoms in total. The van der Waals surface area contributed by atoms with Crippen molar-refractivity contribution in [2.45, 2.75) is 37.8 Å². The molecule has 3 heterocycles. The number of nitrogens with one attached hydrogen (secondary N) is 1. The van der Waals surface area contributed by atoms with Crippen LogP contribution in [0.2, 0.25) is 0 Å². The van der Waals surface area contributed by atoms with Crippen LogP contribution < -0.4 is 5.32 Å². The summed E-state index contributed by atoms with van der Waals surface area (Å²) in [4.78, 5) is 61.5. The second-order valence-electron chi connectivity index (χ2n) is 11.8. The molecule has 2 aromatic rings. The maximum Gasteiger partial charge on any atom is 0.410 e. The van der Waals surface area contributed by atoms with Gasteiger partial charge >= 0.3 is 18.1 Å². The van der Waals surface area contributed by atoms with Crippen LogP contribution in [0.15, 0.2) is 62.3 Å². The third-order valence-corrected chi connectivity index (χ3v) is 9.77. The number of aromatic hydroxyl groups is 1. The number of aliphatic carboxylic acids is 1. The lowest BCUT2D eigenvalue weighted by atomic mass is 10.0. The van der Waals surface area contributed by atoms with Gasteiger partial charge in [-0.25, -0.2) is 9.59 Å². The largest absolute Gasteiger partial charge is 0.506 e. The number of piperidine rings is 1. The maximum atomic E-state index is 13.3. The Labute approximate surface area is 294 Å². The molecule has 0 radical (unpaired) electrons. The molecule has 1 atom stereocenters. The Bertz CT molecular complexity index is 1620. The number of likely N-dealkylation sites (tertiary alicyclic amines) is 1. The van der Waals surface area contributed by atoms with Gasteiger partial charge in [-0.1, -0.05) is 18.2 Å². The third-order valence-electron chi connectivity index (χ3n) is 8.57. The fourth-order valence-electron chi connectivity index (χ4n) is 5.95. The monoisotopic (exact) mass is 786 g/mol. The van der Waals surface area contributed by atoms with Gasteiger partial charge in [0.15, 0.2) is 6.10 Å². The number of fused-ring (bicyclic) bond motifs is 1. The molecular weight excluding hydrogens is 752 g/mol. The Morgan fingerprint density at radius 2 is 1.73 bits per heavy atom. The number of hydrogen-bond acceptors (Lipinski definition) is 8. The van der Waals surface area contributed by atoms with Gasteiger partial charge in [0.25, 0.3) is 5.91 Å². The molecule has 3 aliphatic heterocycles. The number of nitrogens with zero attached hydrogens (tertiary/aromatic N) is 5. The number of ether oxygens (including phenoxy) is 1. The number of para-hydroxylation sites is 1. The second kappa shape index (κ2) is 16.3. The summed E-state index contributed by atoms with van der Waals surface area (Å²) in [7, 11) is 0. The van der Waals surface area contributed by atoms with E-state index in [1.54, 1.807) is 18.3 Å². The molecule has 4 amide bonds. The number of halogens is 2. The van der Waals surface area contributed by atoms with Gasteiger partial charge in [-0.05, 0) is 86.2 Å². The van der Waals surface area contributed by atoms with Crippen LogP contribution in [0.1, 0.15) is 24.0 Å². The Kier molecular flexibility index (Phi) is 12.0. The molecule has 2 aromatic carbocycles. The van der Waals surface area contributed by atoms with Crippen LogP contribution in [0, 0.1) is 0 Å². The van der Waals surface area contributed by atoms with Crippen LogP contribution in [-0.4, -0.2) is 124 Å². The van der Waals surface area contributed by atoms with Crippen molar-refractivity contribution in [1.82, 2.24) is 19.6 Å². The fraction of sp³-hybridized carbons (Fsp3) is 0.424. The molecule has 254 valence electrons. The number of rotatable bonds is 8. The molecule has 15 heteroatoms. The summed E-state index contributed by atoms with van der Waals surface area (Å²) >= 11 is 6.60. The standard InChI is InChI=1S/C33H36Br2N6O7/c34-25-18-22(19-26(35)30(25)44)20-28(31(45)36-9-3-10-38-14-16-39(17-15-38)21-29(42)43)48-33(47)40-11-7-24(8-12-40)41-13-6-23-4-1-2-5-27(23)37-32(41)46/h1-2,4-5,10,18-19,24,28,44H,6-8,11-17,20-21H2,(H,37,46)(H,42,43)/t28-/m1/s1.